The lowest BCUT2D eigenvalue weighted by Gasteiger charge is -2.36. The van der Waals surface area contributed by atoms with Gasteiger partial charge in [-0.3, -0.25) is 0 Å². The van der Waals surface area contributed by atoms with Gasteiger partial charge in [0.1, 0.15) is 17.5 Å². The smallest absolute Gasteiger partial charge is 0.211 e. The molecule has 154 valence electrons. The van der Waals surface area contributed by atoms with Crippen molar-refractivity contribution >= 4 is 20.9 Å². The maximum Gasteiger partial charge on any atom is 0.211 e. The monoisotopic (exact) mass is 422 g/mol. The number of aromatic nitrogens is 1. The Bertz CT molecular complexity index is 1150. The van der Waals surface area contributed by atoms with Crippen LogP contribution in [0.15, 0.2) is 36.4 Å². The lowest BCUT2D eigenvalue weighted by atomic mass is 9.74. The molecule has 4 nitrogen and oxygen atoms in total. The summed E-state index contributed by atoms with van der Waals surface area (Å²) < 4.78 is 68.3. The molecule has 0 spiro atoms. The molecule has 29 heavy (non-hydrogen) atoms. The Morgan fingerprint density at radius 2 is 1.76 bits per heavy atom. The summed E-state index contributed by atoms with van der Waals surface area (Å²) in [5.74, 6) is -1.77. The van der Waals surface area contributed by atoms with Crippen molar-refractivity contribution in [2.24, 2.45) is 0 Å². The number of sulfonamides is 1. The molecule has 2 N–H and O–H groups in total. The van der Waals surface area contributed by atoms with Gasteiger partial charge in [-0.1, -0.05) is 6.92 Å². The third-order valence-electron chi connectivity index (χ3n) is 5.36. The summed E-state index contributed by atoms with van der Waals surface area (Å²) >= 11 is 0. The molecular weight excluding hydrogens is 401 g/mol. The maximum atomic E-state index is 14.4. The van der Waals surface area contributed by atoms with Crippen molar-refractivity contribution in [2.75, 3.05) is 5.75 Å². The van der Waals surface area contributed by atoms with E-state index in [1.165, 1.54) is 18.2 Å². The molecule has 2 aromatic carbocycles. The van der Waals surface area contributed by atoms with Gasteiger partial charge in [0, 0.05) is 17.5 Å². The number of nitrogens with one attached hydrogen (secondary N) is 2. The van der Waals surface area contributed by atoms with Crippen molar-refractivity contribution < 1.29 is 21.6 Å². The average Bonchev–Trinajstić information content (AvgIpc) is 2.97. The predicted octanol–water partition coefficient (Wildman–Crippen LogP) is 4.83. The van der Waals surface area contributed by atoms with Gasteiger partial charge in [-0.15, -0.1) is 0 Å². The fourth-order valence-corrected chi connectivity index (χ4v) is 5.40. The van der Waals surface area contributed by atoms with Gasteiger partial charge in [0.25, 0.3) is 0 Å². The second-order valence-electron chi connectivity index (χ2n) is 7.53. The molecule has 1 aromatic heterocycles. The second kappa shape index (κ2) is 7.50. The highest BCUT2D eigenvalue weighted by molar-refractivity contribution is 7.89. The second-order valence-corrected chi connectivity index (χ2v) is 9.41. The lowest BCUT2D eigenvalue weighted by Crippen LogP contribution is -2.44. The van der Waals surface area contributed by atoms with E-state index in [9.17, 15) is 21.6 Å². The van der Waals surface area contributed by atoms with Gasteiger partial charge in [-0.25, -0.2) is 26.3 Å². The largest absolute Gasteiger partial charge is 0.352 e. The fourth-order valence-electron chi connectivity index (χ4n) is 4.04. The van der Waals surface area contributed by atoms with Gasteiger partial charge in [0.05, 0.1) is 17.0 Å². The minimum atomic E-state index is -3.33. The summed E-state index contributed by atoms with van der Waals surface area (Å²) in [6.45, 7) is 1.80. The summed E-state index contributed by atoms with van der Waals surface area (Å²) in [5, 5.41) is 0.432. The van der Waals surface area contributed by atoms with Crippen LogP contribution >= 0.6 is 0 Å². The number of halogens is 3. The SMILES string of the molecule is CCCS(=O)(=O)N[C@H]1C[C@H](c2c(-c3ccc(F)cc3)[nH]c3c(F)cc(F)cc32)C1. The summed E-state index contributed by atoms with van der Waals surface area (Å²) in [6.07, 6.45) is 1.59. The van der Waals surface area contributed by atoms with E-state index in [1.54, 1.807) is 19.1 Å². The van der Waals surface area contributed by atoms with Gasteiger partial charge < -0.3 is 4.98 Å². The number of rotatable bonds is 6. The Labute approximate surface area is 167 Å². The van der Waals surface area contributed by atoms with E-state index in [0.29, 0.717) is 35.9 Å². The first kappa shape index (κ1) is 20.0. The van der Waals surface area contributed by atoms with Crippen LogP contribution in [-0.2, 0) is 10.0 Å². The Morgan fingerprint density at radius 1 is 1.07 bits per heavy atom. The van der Waals surface area contributed by atoms with Crippen molar-refractivity contribution in [1.82, 2.24) is 9.71 Å². The van der Waals surface area contributed by atoms with Crippen LogP contribution in [0.3, 0.4) is 0 Å². The molecule has 0 atom stereocenters. The first-order valence-corrected chi connectivity index (χ1v) is 11.2. The molecule has 0 amide bonds. The zero-order chi connectivity index (χ0) is 20.8. The predicted molar refractivity (Wildman–Crippen MR) is 107 cm³/mol. The molecule has 1 heterocycles. The van der Waals surface area contributed by atoms with Crippen LogP contribution in [0.5, 0.6) is 0 Å². The molecule has 1 aliphatic carbocycles. The van der Waals surface area contributed by atoms with Crippen LogP contribution in [0.25, 0.3) is 22.2 Å². The van der Waals surface area contributed by atoms with Gasteiger partial charge in [0.15, 0.2) is 0 Å². The minimum absolute atomic E-state index is 0.0680. The van der Waals surface area contributed by atoms with Gasteiger partial charge >= 0.3 is 0 Å². The van der Waals surface area contributed by atoms with Gasteiger partial charge in [0.2, 0.25) is 10.0 Å². The average molecular weight is 422 g/mol. The summed E-state index contributed by atoms with van der Waals surface area (Å²) in [4.78, 5) is 3.03. The van der Waals surface area contributed by atoms with Crippen molar-refractivity contribution in [3.05, 3.63) is 59.4 Å². The highest BCUT2D eigenvalue weighted by atomic mass is 32.2. The summed E-state index contributed by atoms with van der Waals surface area (Å²) in [5.41, 5.74) is 2.18. The van der Waals surface area contributed by atoms with Crippen LogP contribution in [0.1, 0.15) is 37.7 Å². The first-order chi connectivity index (χ1) is 13.8. The zero-order valence-corrected chi connectivity index (χ0v) is 16.6. The molecule has 3 aromatic rings. The van der Waals surface area contributed by atoms with Crippen molar-refractivity contribution in [3.63, 3.8) is 0 Å². The third kappa shape index (κ3) is 3.91. The van der Waals surface area contributed by atoms with E-state index in [4.69, 9.17) is 0 Å². The van der Waals surface area contributed by atoms with Crippen LogP contribution in [0.2, 0.25) is 0 Å². The Morgan fingerprint density at radius 3 is 2.41 bits per heavy atom. The third-order valence-corrected chi connectivity index (χ3v) is 7.00. The number of hydrogen-bond acceptors (Lipinski definition) is 2. The molecule has 0 unspecified atom stereocenters. The number of fused-ring (bicyclic) bond motifs is 1. The Kier molecular flexibility index (Phi) is 5.16. The molecule has 0 bridgehead atoms. The minimum Gasteiger partial charge on any atom is -0.352 e. The van der Waals surface area contributed by atoms with Crippen LogP contribution in [0.4, 0.5) is 13.2 Å². The number of hydrogen-bond donors (Lipinski definition) is 2. The maximum absolute atomic E-state index is 14.4. The van der Waals surface area contributed by atoms with Crippen molar-refractivity contribution in [1.29, 1.82) is 0 Å². The molecule has 1 saturated carbocycles. The number of H-pyrrole nitrogens is 1. The van der Waals surface area contributed by atoms with Crippen LogP contribution in [0, 0.1) is 17.5 Å². The molecule has 0 radical (unpaired) electrons. The normalized spacial score (nSPS) is 19.4. The molecule has 0 saturated heterocycles. The van der Waals surface area contributed by atoms with E-state index >= 15 is 0 Å². The van der Waals surface area contributed by atoms with Crippen molar-refractivity contribution in [2.45, 2.75) is 38.1 Å². The molecule has 4 rings (SSSR count). The van der Waals surface area contributed by atoms with Crippen LogP contribution in [-0.4, -0.2) is 25.2 Å². The topological polar surface area (TPSA) is 62.0 Å². The number of benzene rings is 2. The standard InChI is InChI=1S/C21H21F3N2O2S/c1-2-7-29(27,28)26-16-8-13(9-16)19-17-10-15(23)11-18(24)21(17)25-20(19)12-3-5-14(22)6-4-12/h3-6,10-11,13,16,25-26H,2,7-9H2,1H3/t13-,16-. The number of aromatic amines is 1. The fraction of sp³-hybridized carbons (Fsp3) is 0.333. The lowest BCUT2D eigenvalue weighted by molar-refractivity contribution is 0.328. The van der Waals surface area contributed by atoms with Gasteiger partial charge in [-0.05, 0) is 66.6 Å². The van der Waals surface area contributed by atoms with Crippen molar-refractivity contribution in [3.8, 4) is 11.3 Å². The Balaban J connectivity index is 1.71. The quantitative estimate of drug-likeness (QED) is 0.598. The Hall–Kier alpha value is -2.32. The van der Waals surface area contributed by atoms with E-state index in [2.05, 4.69) is 9.71 Å². The van der Waals surface area contributed by atoms with Gasteiger partial charge in [-0.2, -0.15) is 0 Å². The molecule has 8 heteroatoms. The molecule has 1 fully saturated rings. The first-order valence-electron chi connectivity index (χ1n) is 9.54. The zero-order valence-electron chi connectivity index (χ0n) is 15.8. The highest BCUT2D eigenvalue weighted by Crippen LogP contribution is 2.45. The van der Waals surface area contributed by atoms with E-state index < -0.39 is 27.5 Å². The van der Waals surface area contributed by atoms with E-state index in [0.717, 1.165) is 11.6 Å². The summed E-state index contributed by atoms with van der Waals surface area (Å²) in [7, 11) is -3.33. The molecule has 0 aliphatic heterocycles. The van der Waals surface area contributed by atoms with E-state index in [1.807, 2.05) is 0 Å². The van der Waals surface area contributed by atoms with E-state index in [-0.39, 0.29) is 23.2 Å². The van der Waals surface area contributed by atoms with Crippen LogP contribution < -0.4 is 4.72 Å². The molecular formula is C21H21F3N2O2S. The molecule has 1 aliphatic rings. The highest BCUT2D eigenvalue weighted by Gasteiger charge is 2.36. The summed E-state index contributed by atoms with van der Waals surface area (Å²) in [6, 6.07) is 7.68.